The van der Waals surface area contributed by atoms with Crippen molar-refractivity contribution in [2.24, 2.45) is 0 Å². The Bertz CT molecular complexity index is 750. The van der Waals surface area contributed by atoms with Crippen LogP contribution in [-0.2, 0) is 4.79 Å². The molecule has 0 fully saturated rings. The summed E-state index contributed by atoms with van der Waals surface area (Å²) in [7, 11) is 1.53. The quantitative estimate of drug-likeness (QED) is 0.717. The monoisotopic (exact) mass is 397 g/mol. The SMILES string of the molecule is COc1ccc(Br)cc1/C=C/C(=O)Nc1ccccc1OC(F)F. The van der Waals surface area contributed by atoms with Crippen LogP contribution in [0.4, 0.5) is 14.5 Å². The number of amides is 1. The van der Waals surface area contributed by atoms with Gasteiger partial charge < -0.3 is 14.8 Å². The van der Waals surface area contributed by atoms with Gasteiger partial charge >= 0.3 is 6.61 Å². The highest BCUT2D eigenvalue weighted by molar-refractivity contribution is 9.10. The first-order valence-electron chi connectivity index (χ1n) is 6.86. The Hall–Kier alpha value is -2.41. The van der Waals surface area contributed by atoms with Crippen LogP contribution in [0.1, 0.15) is 5.56 Å². The van der Waals surface area contributed by atoms with Crippen molar-refractivity contribution < 1.29 is 23.0 Å². The van der Waals surface area contributed by atoms with Gasteiger partial charge in [0.25, 0.3) is 0 Å². The number of para-hydroxylation sites is 2. The van der Waals surface area contributed by atoms with Gasteiger partial charge in [-0.15, -0.1) is 0 Å². The number of benzene rings is 2. The molecule has 2 aromatic rings. The van der Waals surface area contributed by atoms with Crippen molar-refractivity contribution in [2.45, 2.75) is 6.61 Å². The Balaban J connectivity index is 2.13. The summed E-state index contributed by atoms with van der Waals surface area (Å²) < 4.78 is 35.1. The number of nitrogens with one attached hydrogen (secondary N) is 1. The van der Waals surface area contributed by atoms with Gasteiger partial charge in [-0.05, 0) is 36.4 Å². The fourth-order valence-electron chi connectivity index (χ4n) is 1.94. The summed E-state index contributed by atoms with van der Waals surface area (Å²) in [4.78, 5) is 12.0. The van der Waals surface area contributed by atoms with Crippen molar-refractivity contribution in [3.63, 3.8) is 0 Å². The molecule has 0 aliphatic carbocycles. The van der Waals surface area contributed by atoms with Crippen molar-refractivity contribution in [3.05, 3.63) is 58.6 Å². The molecule has 7 heteroatoms. The van der Waals surface area contributed by atoms with E-state index in [9.17, 15) is 13.6 Å². The zero-order chi connectivity index (χ0) is 17.5. The van der Waals surface area contributed by atoms with Gasteiger partial charge in [-0.1, -0.05) is 28.1 Å². The summed E-state index contributed by atoms with van der Waals surface area (Å²) >= 11 is 3.34. The van der Waals surface area contributed by atoms with E-state index < -0.39 is 12.5 Å². The van der Waals surface area contributed by atoms with Crippen LogP contribution in [0.5, 0.6) is 11.5 Å². The number of rotatable bonds is 6. The third-order valence-electron chi connectivity index (χ3n) is 2.97. The summed E-state index contributed by atoms with van der Waals surface area (Å²) in [6, 6.07) is 11.3. The van der Waals surface area contributed by atoms with Gasteiger partial charge in [-0.25, -0.2) is 0 Å². The zero-order valence-electron chi connectivity index (χ0n) is 12.6. The summed E-state index contributed by atoms with van der Waals surface area (Å²) in [5.74, 6) is 0.0142. The van der Waals surface area contributed by atoms with Crippen LogP contribution < -0.4 is 14.8 Å². The maximum atomic E-state index is 12.4. The molecule has 0 heterocycles. The molecule has 4 nitrogen and oxygen atoms in total. The number of ether oxygens (including phenoxy) is 2. The van der Waals surface area contributed by atoms with Crippen LogP contribution in [0, 0.1) is 0 Å². The highest BCUT2D eigenvalue weighted by Crippen LogP contribution is 2.26. The normalized spacial score (nSPS) is 10.9. The third kappa shape index (κ3) is 5.06. The Morgan fingerprint density at radius 2 is 1.96 bits per heavy atom. The van der Waals surface area contributed by atoms with E-state index in [-0.39, 0.29) is 11.4 Å². The average Bonchev–Trinajstić information content (AvgIpc) is 2.54. The number of alkyl halides is 2. The highest BCUT2D eigenvalue weighted by Gasteiger charge is 2.10. The number of methoxy groups -OCH3 is 1. The number of carbonyl (C=O) groups is 1. The number of halogens is 3. The molecule has 0 aromatic heterocycles. The van der Waals surface area contributed by atoms with Crippen LogP contribution in [0.3, 0.4) is 0 Å². The van der Waals surface area contributed by atoms with Gasteiger partial charge in [-0.2, -0.15) is 8.78 Å². The van der Waals surface area contributed by atoms with Crippen molar-refractivity contribution in [3.8, 4) is 11.5 Å². The predicted molar refractivity (Wildman–Crippen MR) is 91.4 cm³/mol. The van der Waals surface area contributed by atoms with E-state index in [4.69, 9.17) is 4.74 Å². The molecule has 24 heavy (non-hydrogen) atoms. The minimum absolute atomic E-state index is 0.103. The summed E-state index contributed by atoms with van der Waals surface area (Å²) in [5, 5.41) is 2.50. The molecule has 0 aliphatic heterocycles. The van der Waals surface area contributed by atoms with Gasteiger partial charge in [0.1, 0.15) is 11.5 Å². The topological polar surface area (TPSA) is 47.6 Å². The van der Waals surface area contributed by atoms with E-state index in [1.807, 2.05) is 6.07 Å². The van der Waals surface area contributed by atoms with Crippen molar-refractivity contribution in [1.82, 2.24) is 0 Å². The van der Waals surface area contributed by atoms with Crippen LogP contribution in [0.15, 0.2) is 53.0 Å². The molecule has 0 aliphatic rings. The summed E-state index contributed by atoms with van der Waals surface area (Å²) in [5.41, 5.74) is 0.854. The molecule has 2 aromatic carbocycles. The Morgan fingerprint density at radius 1 is 1.21 bits per heavy atom. The van der Waals surface area contributed by atoms with E-state index in [1.165, 1.54) is 31.4 Å². The molecule has 1 N–H and O–H groups in total. The lowest BCUT2D eigenvalue weighted by Gasteiger charge is -2.10. The largest absolute Gasteiger partial charge is 0.496 e. The molecule has 1 amide bonds. The molecule has 0 bridgehead atoms. The Labute approximate surface area is 146 Å². The van der Waals surface area contributed by atoms with Crippen LogP contribution >= 0.6 is 15.9 Å². The fourth-order valence-corrected chi connectivity index (χ4v) is 2.32. The van der Waals surface area contributed by atoms with E-state index in [2.05, 4.69) is 26.0 Å². The van der Waals surface area contributed by atoms with Gasteiger partial charge in [0.05, 0.1) is 12.8 Å². The van der Waals surface area contributed by atoms with E-state index in [1.54, 1.807) is 24.3 Å². The number of hydrogen-bond acceptors (Lipinski definition) is 3. The molecule has 0 saturated heterocycles. The lowest BCUT2D eigenvalue weighted by Crippen LogP contribution is -2.11. The van der Waals surface area contributed by atoms with Gasteiger partial charge in [-0.3, -0.25) is 4.79 Å². The van der Waals surface area contributed by atoms with Crippen LogP contribution in [0.25, 0.3) is 6.08 Å². The number of hydrogen-bond donors (Lipinski definition) is 1. The zero-order valence-corrected chi connectivity index (χ0v) is 14.2. The molecule has 0 spiro atoms. The Morgan fingerprint density at radius 3 is 2.67 bits per heavy atom. The average molecular weight is 398 g/mol. The molecular formula is C17H14BrF2NO3. The fraction of sp³-hybridized carbons (Fsp3) is 0.118. The van der Waals surface area contributed by atoms with Crippen molar-refractivity contribution in [1.29, 1.82) is 0 Å². The van der Waals surface area contributed by atoms with E-state index in [0.717, 1.165) is 4.47 Å². The second kappa shape index (κ2) is 8.44. The molecule has 0 atom stereocenters. The minimum Gasteiger partial charge on any atom is -0.496 e. The third-order valence-corrected chi connectivity index (χ3v) is 3.46. The molecule has 0 saturated carbocycles. The van der Waals surface area contributed by atoms with E-state index in [0.29, 0.717) is 11.3 Å². The maximum absolute atomic E-state index is 12.4. The van der Waals surface area contributed by atoms with Crippen molar-refractivity contribution >= 4 is 33.6 Å². The van der Waals surface area contributed by atoms with Gasteiger partial charge in [0.2, 0.25) is 5.91 Å². The first-order chi connectivity index (χ1) is 11.5. The second-order valence-corrected chi connectivity index (χ2v) is 5.50. The lowest BCUT2D eigenvalue weighted by molar-refractivity contribution is -0.111. The standard InChI is InChI=1S/C17H14BrF2NO3/c1-23-14-8-7-12(18)10-11(14)6-9-16(22)21-13-4-2-3-5-15(13)24-17(19)20/h2-10,17H,1H3,(H,21,22)/b9-6+. The summed E-state index contributed by atoms with van der Waals surface area (Å²) in [6.45, 7) is -2.97. The highest BCUT2D eigenvalue weighted by atomic mass is 79.9. The van der Waals surface area contributed by atoms with Crippen LogP contribution in [-0.4, -0.2) is 19.6 Å². The molecule has 0 unspecified atom stereocenters. The molecule has 126 valence electrons. The first-order valence-corrected chi connectivity index (χ1v) is 7.65. The molecule has 0 radical (unpaired) electrons. The second-order valence-electron chi connectivity index (χ2n) is 4.58. The maximum Gasteiger partial charge on any atom is 0.387 e. The van der Waals surface area contributed by atoms with Crippen molar-refractivity contribution in [2.75, 3.05) is 12.4 Å². The van der Waals surface area contributed by atoms with Gasteiger partial charge in [0, 0.05) is 16.1 Å². The Kier molecular flexibility index (Phi) is 6.31. The van der Waals surface area contributed by atoms with Crippen LogP contribution in [0.2, 0.25) is 0 Å². The van der Waals surface area contributed by atoms with Gasteiger partial charge in [0.15, 0.2) is 0 Å². The minimum atomic E-state index is -2.97. The summed E-state index contributed by atoms with van der Waals surface area (Å²) in [6.07, 6.45) is 2.85. The number of carbonyl (C=O) groups excluding carboxylic acids is 1. The van der Waals surface area contributed by atoms with E-state index >= 15 is 0 Å². The molecular weight excluding hydrogens is 384 g/mol. The number of anilines is 1. The predicted octanol–water partition coefficient (Wildman–Crippen LogP) is 4.71. The smallest absolute Gasteiger partial charge is 0.387 e. The lowest BCUT2D eigenvalue weighted by atomic mass is 10.2. The molecule has 2 rings (SSSR count). The first kappa shape index (κ1) is 17.9.